The maximum absolute atomic E-state index is 5.06. The Morgan fingerprint density at radius 2 is 2.38 bits per heavy atom. The van der Waals surface area contributed by atoms with Gasteiger partial charge in [-0.2, -0.15) is 11.8 Å². The van der Waals surface area contributed by atoms with Crippen molar-refractivity contribution in [1.29, 1.82) is 0 Å². The number of thioether (sulfide) groups is 1. The zero-order valence-electron chi connectivity index (χ0n) is 12.8. The molecule has 2 unspecified atom stereocenters. The van der Waals surface area contributed by atoms with Crippen LogP contribution in [0.5, 0.6) is 0 Å². The molecule has 0 bridgehead atoms. The van der Waals surface area contributed by atoms with Gasteiger partial charge in [0.05, 0.1) is 11.9 Å². The van der Waals surface area contributed by atoms with Gasteiger partial charge in [-0.05, 0) is 55.9 Å². The molecule has 0 radical (unpaired) electrons. The van der Waals surface area contributed by atoms with E-state index in [1.807, 2.05) is 11.8 Å². The van der Waals surface area contributed by atoms with E-state index in [0.29, 0.717) is 11.2 Å². The van der Waals surface area contributed by atoms with Crippen molar-refractivity contribution >= 4 is 11.8 Å². The molecule has 1 aliphatic heterocycles. The van der Waals surface area contributed by atoms with Crippen LogP contribution >= 0.6 is 11.8 Å². The summed E-state index contributed by atoms with van der Waals surface area (Å²) in [6.45, 7) is 2.80. The molecule has 1 N–H and O–H groups in total. The van der Waals surface area contributed by atoms with Gasteiger partial charge in [-0.1, -0.05) is 0 Å². The van der Waals surface area contributed by atoms with E-state index in [9.17, 15) is 0 Å². The molecule has 2 aliphatic rings. The Morgan fingerprint density at radius 1 is 1.43 bits per heavy atom. The lowest BCUT2D eigenvalue weighted by atomic mass is 9.87. The third-order valence-corrected chi connectivity index (χ3v) is 5.78. The molecule has 116 valence electrons. The van der Waals surface area contributed by atoms with Crippen molar-refractivity contribution < 1.29 is 4.74 Å². The second-order valence-electron chi connectivity index (χ2n) is 6.01. The van der Waals surface area contributed by atoms with E-state index in [1.165, 1.54) is 36.3 Å². The van der Waals surface area contributed by atoms with Crippen LogP contribution in [-0.2, 0) is 17.6 Å². The van der Waals surface area contributed by atoms with Crippen LogP contribution in [0.15, 0.2) is 6.20 Å². The molecule has 21 heavy (non-hydrogen) atoms. The molecule has 0 aromatic carbocycles. The summed E-state index contributed by atoms with van der Waals surface area (Å²) < 4.78 is 5.06. The summed E-state index contributed by atoms with van der Waals surface area (Å²) in [6.07, 6.45) is 8.12. The monoisotopic (exact) mass is 307 g/mol. The van der Waals surface area contributed by atoms with Crippen LogP contribution in [0.3, 0.4) is 0 Å². The molecule has 0 amide bonds. The van der Waals surface area contributed by atoms with Gasteiger partial charge < -0.3 is 10.1 Å². The first kappa shape index (κ1) is 15.3. The summed E-state index contributed by atoms with van der Waals surface area (Å²) >= 11 is 2.02. The van der Waals surface area contributed by atoms with Crippen molar-refractivity contribution in [2.24, 2.45) is 5.92 Å². The van der Waals surface area contributed by atoms with Crippen LogP contribution in [0.4, 0.5) is 0 Å². The Hall–Kier alpha value is -0.650. The Kier molecular flexibility index (Phi) is 5.49. The first-order chi connectivity index (χ1) is 10.4. The molecule has 1 fully saturated rings. The van der Waals surface area contributed by atoms with Gasteiger partial charge in [0, 0.05) is 25.5 Å². The number of hydrogen-bond donors (Lipinski definition) is 1. The zero-order chi connectivity index (χ0) is 14.5. The quantitative estimate of drug-likeness (QED) is 0.818. The smallest absolute Gasteiger partial charge is 0.141 e. The second-order valence-corrected chi connectivity index (χ2v) is 7.32. The first-order valence-electron chi connectivity index (χ1n) is 8.02. The predicted octanol–water partition coefficient (Wildman–Crippen LogP) is 2.39. The lowest BCUT2D eigenvalue weighted by molar-refractivity contribution is 0.197. The third kappa shape index (κ3) is 3.96. The SMILES string of the molecule is COCCNCC1CCc2nc(C3CCCS3)ncc2C1. The first-order valence-corrected chi connectivity index (χ1v) is 9.07. The predicted molar refractivity (Wildman–Crippen MR) is 86.7 cm³/mol. The fraction of sp³-hybridized carbons (Fsp3) is 0.750. The largest absolute Gasteiger partial charge is 0.383 e. The van der Waals surface area contributed by atoms with Crippen LogP contribution < -0.4 is 5.32 Å². The van der Waals surface area contributed by atoms with Crippen LogP contribution in [-0.4, -0.2) is 42.5 Å². The molecule has 1 aliphatic carbocycles. The number of ether oxygens (including phenoxy) is 1. The van der Waals surface area contributed by atoms with Gasteiger partial charge >= 0.3 is 0 Å². The lowest BCUT2D eigenvalue weighted by Crippen LogP contribution is -2.30. The van der Waals surface area contributed by atoms with Crippen molar-refractivity contribution in [3.05, 3.63) is 23.3 Å². The van der Waals surface area contributed by atoms with E-state index >= 15 is 0 Å². The molecule has 1 aromatic rings. The van der Waals surface area contributed by atoms with E-state index in [0.717, 1.165) is 38.4 Å². The number of nitrogens with zero attached hydrogens (tertiary/aromatic N) is 2. The minimum Gasteiger partial charge on any atom is -0.383 e. The number of aryl methyl sites for hydroxylation is 1. The van der Waals surface area contributed by atoms with Gasteiger partial charge in [-0.25, -0.2) is 9.97 Å². The van der Waals surface area contributed by atoms with Crippen LogP contribution in [0.2, 0.25) is 0 Å². The highest BCUT2D eigenvalue weighted by Crippen LogP contribution is 2.38. The normalized spacial score (nSPS) is 25.0. The number of hydrogen-bond acceptors (Lipinski definition) is 5. The third-order valence-electron chi connectivity index (χ3n) is 4.40. The van der Waals surface area contributed by atoms with Gasteiger partial charge in [-0.3, -0.25) is 0 Å². The molecule has 2 atom stereocenters. The highest BCUT2D eigenvalue weighted by Gasteiger charge is 2.24. The minimum absolute atomic E-state index is 0.545. The molecule has 2 heterocycles. The zero-order valence-corrected chi connectivity index (χ0v) is 13.6. The Labute approximate surface area is 131 Å². The molecule has 1 aromatic heterocycles. The van der Waals surface area contributed by atoms with Gasteiger partial charge in [0.1, 0.15) is 5.82 Å². The molecule has 0 spiro atoms. The van der Waals surface area contributed by atoms with Gasteiger partial charge in [-0.15, -0.1) is 0 Å². The maximum Gasteiger partial charge on any atom is 0.141 e. The van der Waals surface area contributed by atoms with Crippen molar-refractivity contribution in [1.82, 2.24) is 15.3 Å². The van der Waals surface area contributed by atoms with E-state index in [4.69, 9.17) is 9.72 Å². The van der Waals surface area contributed by atoms with E-state index in [2.05, 4.69) is 16.5 Å². The van der Waals surface area contributed by atoms with Gasteiger partial charge in [0.2, 0.25) is 0 Å². The summed E-state index contributed by atoms with van der Waals surface area (Å²) in [5.74, 6) is 3.05. The molecule has 3 rings (SSSR count). The van der Waals surface area contributed by atoms with Gasteiger partial charge in [0.25, 0.3) is 0 Å². The number of nitrogens with one attached hydrogen (secondary N) is 1. The fourth-order valence-corrected chi connectivity index (χ4v) is 4.40. The maximum atomic E-state index is 5.06. The molecule has 0 saturated carbocycles. The minimum atomic E-state index is 0.545. The average Bonchev–Trinajstić information content (AvgIpc) is 3.05. The molecular weight excluding hydrogens is 282 g/mol. The van der Waals surface area contributed by atoms with E-state index in [1.54, 1.807) is 7.11 Å². The number of aromatic nitrogens is 2. The molecule has 1 saturated heterocycles. The molecule has 5 heteroatoms. The average molecular weight is 307 g/mol. The van der Waals surface area contributed by atoms with Crippen molar-refractivity contribution in [2.75, 3.05) is 32.6 Å². The topological polar surface area (TPSA) is 47.0 Å². The van der Waals surface area contributed by atoms with E-state index < -0.39 is 0 Å². The highest BCUT2D eigenvalue weighted by atomic mass is 32.2. The standard InChI is InChI=1S/C16H25N3OS/c1-20-7-6-17-10-12-4-5-14-13(9-12)11-18-16(19-14)15-3-2-8-21-15/h11-12,15,17H,2-10H2,1H3. The lowest BCUT2D eigenvalue weighted by Gasteiger charge is -2.24. The summed E-state index contributed by atoms with van der Waals surface area (Å²) in [4.78, 5) is 9.51. The Bertz CT molecular complexity index is 463. The summed E-state index contributed by atoms with van der Waals surface area (Å²) in [5, 5.41) is 4.02. The molecule has 4 nitrogen and oxygen atoms in total. The summed E-state index contributed by atoms with van der Waals surface area (Å²) in [6, 6.07) is 0. The Morgan fingerprint density at radius 3 is 3.19 bits per heavy atom. The number of fused-ring (bicyclic) bond motifs is 1. The Balaban J connectivity index is 1.56. The van der Waals surface area contributed by atoms with Crippen molar-refractivity contribution in [3.63, 3.8) is 0 Å². The highest BCUT2D eigenvalue weighted by molar-refractivity contribution is 7.99. The summed E-state index contributed by atoms with van der Waals surface area (Å²) in [7, 11) is 1.75. The van der Waals surface area contributed by atoms with Crippen molar-refractivity contribution in [3.8, 4) is 0 Å². The van der Waals surface area contributed by atoms with Crippen LogP contribution in [0, 0.1) is 5.92 Å². The summed E-state index contributed by atoms with van der Waals surface area (Å²) in [5.41, 5.74) is 2.67. The number of methoxy groups -OCH3 is 1. The number of rotatable bonds is 6. The van der Waals surface area contributed by atoms with Gasteiger partial charge in [0.15, 0.2) is 0 Å². The fourth-order valence-electron chi connectivity index (χ4n) is 3.19. The van der Waals surface area contributed by atoms with Crippen LogP contribution in [0.1, 0.15) is 41.6 Å². The van der Waals surface area contributed by atoms with Crippen molar-refractivity contribution in [2.45, 2.75) is 37.4 Å². The van der Waals surface area contributed by atoms with E-state index in [-0.39, 0.29) is 0 Å². The van der Waals surface area contributed by atoms with Crippen LogP contribution in [0.25, 0.3) is 0 Å². The second kappa shape index (κ2) is 7.56. The molecular formula is C16H25N3OS.